The molecule has 1 amide bonds. The molecule has 2 heterocycles. The van der Waals surface area contributed by atoms with Crippen molar-refractivity contribution in [3.05, 3.63) is 59.4 Å². The van der Waals surface area contributed by atoms with Crippen molar-refractivity contribution in [1.82, 2.24) is 4.90 Å². The fourth-order valence-corrected chi connectivity index (χ4v) is 4.79. The Kier molecular flexibility index (Phi) is 5.67. The van der Waals surface area contributed by atoms with Crippen LogP contribution in [0.15, 0.2) is 42.5 Å². The van der Waals surface area contributed by atoms with Crippen LogP contribution in [0.2, 0.25) is 0 Å². The molecule has 2 fully saturated rings. The molecular weight excluding hydrogens is 393 g/mol. The number of carbonyl (C=O) groups is 1. The molecule has 0 unspecified atom stereocenters. The number of nitrogens with zero attached hydrogens (tertiary/aromatic N) is 3. The maximum atomic E-state index is 13.2. The SMILES string of the molecule is O=C(C1CC1)N1CCCc2cc([C@@H](O)CN3CCN(c4ccc(F)cc4)CC3)ccc21. The van der Waals surface area contributed by atoms with E-state index in [1.54, 1.807) is 0 Å². The zero-order chi connectivity index (χ0) is 21.4. The van der Waals surface area contributed by atoms with Gasteiger partial charge in [0.15, 0.2) is 0 Å². The lowest BCUT2D eigenvalue weighted by molar-refractivity contribution is -0.119. The highest BCUT2D eigenvalue weighted by atomic mass is 19.1. The third-order valence-corrected chi connectivity index (χ3v) is 6.79. The van der Waals surface area contributed by atoms with E-state index in [0.717, 1.165) is 75.3 Å². The standard InChI is InChI=1S/C25H30FN3O2/c26-21-6-8-22(9-7-21)28-14-12-27(13-15-28)17-24(30)20-5-10-23-19(16-20)2-1-11-29(23)25(31)18-3-4-18/h5-10,16,18,24,30H,1-4,11-15,17H2/t24-/m0/s1. The van der Waals surface area contributed by atoms with Crippen LogP contribution in [-0.4, -0.2) is 55.2 Å². The van der Waals surface area contributed by atoms with Crippen molar-refractivity contribution in [3.8, 4) is 0 Å². The molecule has 2 aromatic carbocycles. The first-order chi connectivity index (χ1) is 15.1. The van der Waals surface area contributed by atoms with Crippen molar-refractivity contribution in [3.63, 3.8) is 0 Å². The van der Waals surface area contributed by atoms with Crippen LogP contribution in [-0.2, 0) is 11.2 Å². The molecule has 2 aromatic rings. The van der Waals surface area contributed by atoms with E-state index in [-0.39, 0.29) is 17.6 Å². The first-order valence-corrected chi connectivity index (χ1v) is 11.4. The number of hydrogen-bond donors (Lipinski definition) is 1. The van der Waals surface area contributed by atoms with E-state index in [4.69, 9.17) is 0 Å². The zero-order valence-corrected chi connectivity index (χ0v) is 17.8. The van der Waals surface area contributed by atoms with Crippen LogP contribution in [0.25, 0.3) is 0 Å². The lowest BCUT2D eigenvalue weighted by Crippen LogP contribution is -2.47. The van der Waals surface area contributed by atoms with E-state index in [2.05, 4.69) is 15.9 Å². The van der Waals surface area contributed by atoms with Crippen LogP contribution >= 0.6 is 0 Å². The maximum Gasteiger partial charge on any atom is 0.230 e. The summed E-state index contributed by atoms with van der Waals surface area (Å²) in [4.78, 5) is 19.1. The highest BCUT2D eigenvalue weighted by molar-refractivity contribution is 5.97. The largest absolute Gasteiger partial charge is 0.387 e. The quantitative estimate of drug-likeness (QED) is 0.801. The van der Waals surface area contributed by atoms with Crippen LogP contribution < -0.4 is 9.80 Å². The smallest absolute Gasteiger partial charge is 0.230 e. The normalized spacial score (nSPS) is 20.5. The van der Waals surface area contributed by atoms with Gasteiger partial charge in [-0.3, -0.25) is 9.69 Å². The first kappa shape index (κ1) is 20.5. The number of halogens is 1. The molecule has 0 aromatic heterocycles. The lowest BCUT2D eigenvalue weighted by Gasteiger charge is -2.37. The Labute approximate surface area is 183 Å². The summed E-state index contributed by atoms with van der Waals surface area (Å²) < 4.78 is 13.2. The fourth-order valence-electron chi connectivity index (χ4n) is 4.79. The molecule has 164 valence electrons. The summed E-state index contributed by atoms with van der Waals surface area (Å²) in [5.74, 6) is 0.286. The minimum atomic E-state index is -0.544. The van der Waals surface area contributed by atoms with Gasteiger partial charge in [0.1, 0.15) is 5.82 Å². The van der Waals surface area contributed by atoms with Crippen molar-refractivity contribution in [2.24, 2.45) is 5.92 Å². The first-order valence-electron chi connectivity index (χ1n) is 11.4. The third-order valence-electron chi connectivity index (χ3n) is 6.79. The average molecular weight is 424 g/mol. The van der Waals surface area contributed by atoms with Crippen LogP contribution in [0.1, 0.15) is 36.5 Å². The molecule has 1 saturated heterocycles. The summed E-state index contributed by atoms with van der Waals surface area (Å²) in [6.45, 7) is 4.86. The van der Waals surface area contributed by atoms with E-state index in [9.17, 15) is 14.3 Å². The van der Waals surface area contributed by atoms with E-state index in [0.29, 0.717) is 6.54 Å². The van der Waals surface area contributed by atoms with Gasteiger partial charge in [0, 0.05) is 56.6 Å². The number of piperazine rings is 1. The number of aliphatic hydroxyl groups is 1. The highest BCUT2D eigenvalue weighted by Crippen LogP contribution is 2.36. The monoisotopic (exact) mass is 423 g/mol. The number of anilines is 2. The third kappa shape index (κ3) is 4.46. The summed E-state index contributed by atoms with van der Waals surface area (Å²) in [5, 5.41) is 10.9. The van der Waals surface area contributed by atoms with E-state index in [1.165, 1.54) is 17.7 Å². The second-order valence-electron chi connectivity index (χ2n) is 9.04. The van der Waals surface area contributed by atoms with E-state index < -0.39 is 6.10 Å². The van der Waals surface area contributed by atoms with Crippen LogP contribution in [0.5, 0.6) is 0 Å². The number of aliphatic hydroxyl groups excluding tert-OH is 1. The van der Waals surface area contributed by atoms with Crippen LogP contribution in [0.4, 0.5) is 15.8 Å². The van der Waals surface area contributed by atoms with Gasteiger partial charge in [-0.15, -0.1) is 0 Å². The summed E-state index contributed by atoms with van der Waals surface area (Å²) in [7, 11) is 0. The van der Waals surface area contributed by atoms with Gasteiger partial charge in [0.25, 0.3) is 0 Å². The average Bonchev–Trinajstić information content (AvgIpc) is 3.64. The minimum absolute atomic E-state index is 0.212. The van der Waals surface area contributed by atoms with Gasteiger partial charge in [0.05, 0.1) is 6.10 Å². The second-order valence-corrected chi connectivity index (χ2v) is 9.04. The molecule has 1 aliphatic carbocycles. The van der Waals surface area contributed by atoms with Crippen molar-refractivity contribution in [2.75, 3.05) is 49.1 Å². The van der Waals surface area contributed by atoms with E-state index in [1.807, 2.05) is 29.2 Å². The fraction of sp³-hybridized carbons (Fsp3) is 0.480. The molecule has 0 spiro atoms. The van der Waals surface area contributed by atoms with Crippen molar-refractivity contribution < 1.29 is 14.3 Å². The maximum absolute atomic E-state index is 13.2. The Hall–Kier alpha value is -2.44. The van der Waals surface area contributed by atoms with Gasteiger partial charge in [-0.05, 0) is 67.1 Å². The molecule has 31 heavy (non-hydrogen) atoms. The number of hydrogen-bond acceptors (Lipinski definition) is 4. The zero-order valence-electron chi connectivity index (χ0n) is 17.8. The highest BCUT2D eigenvalue weighted by Gasteiger charge is 2.35. The number of β-amino-alcohol motifs (C(OH)–C–C–N with tert-alkyl or cyclic N) is 1. The van der Waals surface area contributed by atoms with Gasteiger partial charge in [-0.2, -0.15) is 0 Å². The van der Waals surface area contributed by atoms with Crippen molar-refractivity contribution in [1.29, 1.82) is 0 Å². The molecule has 5 rings (SSSR count). The Morgan fingerprint density at radius 2 is 1.77 bits per heavy atom. The molecule has 1 N–H and O–H groups in total. The number of amides is 1. The Morgan fingerprint density at radius 1 is 1.03 bits per heavy atom. The van der Waals surface area contributed by atoms with Crippen LogP contribution in [0.3, 0.4) is 0 Å². The molecule has 0 radical (unpaired) electrons. The molecule has 5 nitrogen and oxygen atoms in total. The van der Waals surface area contributed by atoms with Gasteiger partial charge >= 0.3 is 0 Å². The predicted molar refractivity (Wildman–Crippen MR) is 120 cm³/mol. The molecule has 1 saturated carbocycles. The van der Waals surface area contributed by atoms with Gasteiger partial charge in [-0.1, -0.05) is 12.1 Å². The van der Waals surface area contributed by atoms with Gasteiger partial charge in [-0.25, -0.2) is 4.39 Å². The van der Waals surface area contributed by atoms with Crippen molar-refractivity contribution in [2.45, 2.75) is 31.8 Å². The molecule has 6 heteroatoms. The lowest BCUT2D eigenvalue weighted by atomic mass is 9.96. The summed E-state index contributed by atoms with van der Waals surface area (Å²) in [5.41, 5.74) is 4.19. The summed E-state index contributed by atoms with van der Waals surface area (Å²) >= 11 is 0. The number of fused-ring (bicyclic) bond motifs is 1. The van der Waals surface area contributed by atoms with Gasteiger partial charge < -0.3 is 14.9 Å². The number of aryl methyl sites for hydroxylation is 1. The van der Waals surface area contributed by atoms with Gasteiger partial charge in [0.2, 0.25) is 5.91 Å². The molecule has 3 aliphatic rings. The predicted octanol–water partition coefficient (Wildman–Crippen LogP) is 3.37. The second kappa shape index (κ2) is 8.60. The van der Waals surface area contributed by atoms with Crippen LogP contribution in [0, 0.1) is 11.7 Å². The number of carbonyl (C=O) groups excluding carboxylic acids is 1. The number of benzene rings is 2. The minimum Gasteiger partial charge on any atom is -0.387 e. The Balaban J connectivity index is 1.20. The Bertz CT molecular complexity index is 936. The molecule has 0 bridgehead atoms. The topological polar surface area (TPSA) is 47.0 Å². The summed E-state index contributed by atoms with van der Waals surface area (Å²) in [6, 6.07) is 12.8. The molecule has 1 atom stereocenters. The van der Waals surface area contributed by atoms with Crippen molar-refractivity contribution >= 4 is 17.3 Å². The Morgan fingerprint density at radius 3 is 2.48 bits per heavy atom. The molecule has 2 aliphatic heterocycles. The molecular formula is C25H30FN3O2. The van der Waals surface area contributed by atoms with E-state index >= 15 is 0 Å². The summed E-state index contributed by atoms with van der Waals surface area (Å²) in [6.07, 6.45) is 3.44. The number of rotatable bonds is 5.